The molecule has 116 valence electrons. The van der Waals surface area contributed by atoms with Crippen LogP contribution in [-0.4, -0.2) is 44.0 Å². The molecule has 0 saturated carbocycles. The number of rotatable bonds is 6. The van der Waals surface area contributed by atoms with Gasteiger partial charge in [0.1, 0.15) is 0 Å². The van der Waals surface area contributed by atoms with Crippen LogP contribution in [-0.2, 0) is 21.4 Å². The minimum absolute atomic E-state index is 0.00356. The molecular formula is C12H17N3O5S. The standard InChI is InChI=1S/C12H17N3O5S/c1-15(7-6-11(16)17)12(18)14-8-9-2-4-10(5-3-9)21(13,19)20/h2-5H,6-8H2,1H3,(H,14,18)(H,16,17)(H2,13,19,20). The number of nitrogens with zero attached hydrogens (tertiary/aromatic N) is 1. The van der Waals surface area contributed by atoms with E-state index in [4.69, 9.17) is 10.2 Å². The van der Waals surface area contributed by atoms with Crippen LogP contribution < -0.4 is 10.5 Å². The number of sulfonamides is 1. The van der Waals surface area contributed by atoms with Gasteiger partial charge in [0.2, 0.25) is 10.0 Å². The third-order valence-electron chi connectivity index (χ3n) is 2.70. The van der Waals surface area contributed by atoms with Crippen LogP contribution in [0.3, 0.4) is 0 Å². The first kappa shape index (κ1) is 16.9. The van der Waals surface area contributed by atoms with Crippen molar-refractivity contribution in [2.45, 2.75) is 17.9 Å². The maximum Gasteiger partial charge on any atom is 0.317 e. The molecule has 1 aromatic rings. The number of nitrogens with one attached hydrogen (secondary N) is 1. The largest absolute Gasteiger partial charge is 0.481 e. The Hall–Kier alpha value is -2.13. The minimum Gasteiger partial charge on any atom is -0.481 e. The van der Waals surface area contributed by atoms with Crippen molar-refractivity contribution in [3.63, 3.8) is 0 Å². The van der Waals surface area contributed by atoms with Gasteiger partial charge in [-0.3, -0.25) is 4.79 Å². The smallest absolute Gasteiger partial charge is 0.317 e. The zero-order valence-corrected chi connectivity index (χ0v) is 12.3. The maximum absolute atomic E-state index is 11.7. The lowest BCUT2D eigenvalue weighted by atomic mass is 10.2. The number of nitrogens with two attached hydrogens (primary N) is 1. The van der Waals surface area contributed by atoms with E-state index < -0.39 is 22.0 Å². The molecule has 2 amide bonds. The summed E-state index contributed by atoms with van der Waals surface area (Å²) >= 11 is 0. The van der Waals surface area contributed by atoms with Gasteiger partial charge in [0, 0.05) is 20.1 Å². The highest BCUT2D eigenvalue weighted by Crippen LogP contribution is 2.08. The summed E-state index contributed by atoms with van der Waals surface area (Å²) < 4.78 is 22.2. The summed E-state index contributed by atoms with van der Waals surface area (Å²) in [4.78, 5) is 23.3. The van der Waals surface area contributed by atoms with Gasteiger partial charge in [0.05, 0.1) is 11.3 Å². The van der Waals surface area contributed by atoms with Crippen LogP contribution in [0.15, 0.2) is 29.2 Å². The van der Waals surface area contributed by atoms with Gasteiger partial charge >= 0.3 is 12.0 Å². The van der Waals surface area contributed by atoms with E-state index in [1.165, 1.54) is 36.2 Å². The predicted molar refractivity (Wildman–Crippen MR) is 74.9 cm³/mol. The van der Waals surface area contributed by atoms with Gasteiger partial charge in [0.15, 0.2) is 0 Å². The van der Waals surface area contributed by atoms with Crippen LogP contribution in [0.25, 0.3) is 0 Å². The predicted octanol–water partition coefficient (Wildman–Crippen LogP) is -0.0499. The van der Waals surface area contributed by atoms with Gasteiger partial charge in [0.25, 0.3) is 0 Å². The SMILES string of the molecule is CN(CCC(=O)O)C(=O)NCc1ccc(S(N)(=O)=O)cc1. The number of aliphatic carboxylic acids is 1. The second-order valence-corrected chi connectivity index (χ2v) is 5.97. The van der Waals surface area contributed by atoms with Crippen molar-refractivity contribution in [2.24, 2.45) is 5.14 Å². The first-order valence-corrected chi connectivity index (χ1v) is 7.57. The van der Waals surface area contributed by atoms with Crippen LogP contribution in [0.1, 0.15) is 12.0 Å². The van der Waals surface area contributed by atoms with Crippen LogP contribution in [0.4, 0.5) is 4.79 Å². The molecule has 0 saturated heterocycles. The molecule has 8 nitrogen and oxygen atoms in total. The van der Waals surface area contributed by atoms with E-state index in [0.29, 0.717) is 5.56 Å². The molecule has 0 aliphatic heterocycles. The Kier molecular flexibility index (Phi) is 5.68. The van der Waals surface area contributed by atoms with Gasteiger partial charge < -0.3 is 15.3 Å². The summed E-state index contributed by atoms with van der Waals surface area (Å²) in [5.74, 6) is -0.978. The van der Waals surface area contributed by atoms with E-state index in [1.54, 1.807) is 0 Å². The third-order valence-corrected chi connectivity index (χ3v) is 3.63. The van der Waals surface area contributed by atoms with Gasteiger partial charge in [-0.15, -0.1) is 0 Å². The van der Waals surface area contributed by atoms with Gasteiger partial charge in [-0.05, 0) is 17.7 Å². The molecule has 0 fully saturated rings. The van der Waals surface area contributed by atoms with Crippen LogP contribution in [0, 0.1) is 0 Å². The van der Waals surface area contributed by atoms with Crippen LogP contribution in [0.2, 0.25) is 0 Å². The van der Waals surface area contributed by atoms with E-state index in [1.807, 2.05) is 0 Å². The Balaban J connectivity index is 2.51. The second kappa shape index (κ2) is 7.04. The Labute approximate surface area is 122 Å². The number of benzene rings is 1. The molecule has 0 heterocycles. The van der Waals surface area contributed by atoms with Crippen molar-refractivity contribution in [1.29, 1.82) is 0 Å². The van der Waals surface area contributed by atoms with Crippen molar-refractivity contribution in [3.8, 4) is 0 Å². The second-order valence-electron chi connectivity index (χ2n) is 4.41. The summed E-state index contributed by atoms with van der Waals surface area (Å²) in [5.41, 5.74) is 0.697. The average molecular weight is 315 g/mol. The quantitative estimate of drug-likeness (QED) is 0.677. The number of amides is 2. The lowest BCUT2D eigenvalue weighted by molar-refractivity contribution is -0.137. The lowest BCUT2D eigenvalue weighted by Gasteiger charge is -2.16. The Morgan fingerprint density at radius 2 is 1.86 bits per heavy atom. The summed E-state index contributed by atoms with van der Waals surface area (Å²) in [6.45, 7) is 0.298. The first-order chi connectivity index (χ1) is 9.70. The molecule has 9 heteroatoms. The summed E-state index contributed by atoms with van der Waals surface area (Å²) in [7, 11) is -2.24. The molecule has 21 heavy (non-hydrogen) atoms. The highest BCUT2D eigenvalue weighted by atomic mass is 32.2. The maximum atomic E-state index is 11.7. The molecule has 0 spiro atoms. The number of carboxylic acids is 1. The van der Waals surface area contributed by atoms with E-state index >= 15 is 0 Å². The number of hydrogen-bond acceptors (Lipinski definition) is 4. The lowest BCUT2D eigenvalue weighted by Crippen LogP contribution is -2.37. The fourth-order valence-electron chi connectivity index (χ4n) is 1.47. The Morgan fingerprint density at radius 1 is 1.29 bits per heavy atom. The Bertz CT molecular complexity index is 612. The first-order valence-electron chi connectivity index (χ1n) is 6.02. The highest BCUT2D eigenvalue weighted by Gasteiger charge is 2.10. The van der Waals surface area contributed by atoms with E-state index in [0.717, 1.165) is 0 Å². The highest BCUT2D eigenvalue weighted by molar-refractivity contribution is 7.89. The average Bonchev–Trinajstić information content (AvgIpc) is 2.41. The van der Waals surface area contributed by atoms with E-state index in [-0.39, 0.29) is 24.4 Å². The van der Waals surface area contributed by atoms with Gasteiger partial charge in [-0.2, -0.15) is 0 Å². The molecule has 0 atom stereocenters. The number of primary sulfonamides is 1. The fourth-order valence-corrected chi connectivity index (χ4v) is 1.99. The number of urea groups is 1. The number of hydrogen-bond donors (Lipinski definition) is 3. The van der Waals surface area contributed by atoms with Gasteiger partial charge in [-0.1, -0.05) is 12.1 Å². The van der Waals surface area contributed by atoms with E-state index in [9.17, 15) is 18.0 Å². The molecule has 0 aliphatic rings. The monoisotopic (exact) mass is 315 g/mol. The molecule has 4 N–H and O–H groups in total. The minimum atomic E-state index is -3.73. The molecule has 1 rings (SSSR count). The fraction of sp³-hybridized carbons (Fsp3) is 0.333. The van der Waals surface area contributed by atoms with Crippen molar-refractivity contribution >= 4 is 22.0 Å². The van der Waals surface area contributed by atoms with E-state index in [2.05, 4.69) is 5.32 Å². The molecular weight excluding hydrogens is 298 g/mol. The van der Waals surface area contributed by atoms with Gasteiger partial charge in [-0.25, -0.2) is 18.4 Å². The summed E-state index contributed by atoms with van der Waals surface area (Å²) in [5, 5.41) is 16.1. The number of carbonyl (C=O) groups excluding carboxylic acids is 1. The molecule has 1 aromatic carbocycles. The van der Waals surface area contributed by atoms with Crippen molar-refractivity contribution < 1.29 is 23.1 Å². The number of carbonyl (C=O) groups is 2. The normalized spacial score (nSPS) is 11.0. The summed E-state index contributed by atoms with van der Waals surface area (Å²) in [6.07, 6.45) is -0.132. The molecule has 0 bridgehead atoms. The molecule has 0 aliphatic carbocycles. The van der Waals surface area contributed by atoms with Crippen molar-refractivity contribution in [2.75, 3.05) is 13.6 Å². The van der Waals surface area contributed by atoms with Crippen molar-refractivity contribution in [1.82, 2.24) is 10.2 Å². The van der Waals surface area contributed by atoms with Crippen LogP contribution in [0.5, 0.6) is 0 Å². The molecule has 0 unspecified atom stereocenters. The zero-order chi connectivity index (χ0) is 16.0. The Morgan fingerprint density at radius 3 is 2.33 bits per heavy atom. The molecule has 0 aromatic heterocycles. The molecule has 0 radical (unpaired) electrons. The zero-order valence-electron chi connectivity index (χ0n) is 11.4. The topological polar surface area (TPSA) is 130 Å². The third kappa shape index (κ3) is 5.79. The van der Waals surface area contributed by atoms with Crippen LogP contribution >= 0.6 is 0 Å². The summed E-state index contributed by atoms with van der Waals surface area (Å²) in [6, 6.07) is 5.37. The van der Waals surface area contributed by atoms with Crippen molar-refractivity contribution in [3.05, 3.63) is 29.8 Å². The number of carboxylic acid groups (broad SMARTS) is 1.